The first-order valence-electron chi connectivity index (χ1n) is 5.87. The molecule has 1 aromatic rings. The van der Waals surface area contributed by atoms with Crippen LogP contribution in [-0.2, 0) is 4.74 Å². The largest absolute Gasteiger partial charge is 0.382 e. The minimum atomic E-state index is 0.155. The Morgan fingerprint density at radius 1 is 1.35 bits per heavy atom. The van der Waals surface area contributed by atoms with E-state index in [1.54, 1.807) is 7.11 Å². The van der Waals surface area contributed by atoms with Gasteiger partial charge in [-0.25, -0.2) is 0 Å². The third-order valence-electron chi connectivity index (χ3n) is 3.82. The highest BCUT2D eigenvalue weighted by molar-refractivity contribution is 5.48. The molecule has 0 radical (unpaired) electrons. The van der Waals surface area contributed by atoms with Crippen LogP contribution in [0.3, 0.4) is 0 Å². The zero-order valence-electron chi connectivity index (χ0n) is 10.5. The number of ether oxygens (including phenoxy) is 1. The third kappa shape index (κ3) is 2.13. The van der Waals surface area contributed by atoms with Gasteiger partial charge in [-0.05, 0) is 30.7 Å². The maximum Gasteiger partial charge on any atom is 0.0991 e. The lowest BCUT2D eigenvalue weighted by Gasteiger charge is -2.51. The summed E-state index contributed by atoms with van der Waals surface area (Å²) < 4.78 is 5.42. The average molecular weight is 230 g/mol. The molecule has 1 saturated carbocycles. The molecule has 1 aromatic carbocycles. The number of nitriles is 1. The lowest BCUT2D eigenvalue weighted by atomic mass is 9.64. The van der Waals surface area contributed by atoms with Crippen LogP contribution >= 0.6 is 0 Å². The van der Waals surface area contributed by atoms with Crippen LogP contribution in [0, 0.1) is 16.7 Å². The van der Waals surface area contributed by atoms with Crippen LogP contribution in [0.1, 0.15) is 25.8 Å². The van der Waals surface area contributed by atoms with Gasteiger partial charge in [0.15, 0.2) is 0 Å². The molecule has 0 saturated heterocycles. The number of nitrogens with one attached hydrogen (secondary N) is 1. The molecule has 1 aliphatic rings. The van der Waals surface area contributed by atoms with Crippen molar-refractivity contribution in [1.82, 2.24) is 0 Å². The molecule has 90 valence electrons. The van der Waals surface area contributed by atoms with Gasteiger partial charge in [-0.1, -0.05) is 13.8 Å². The Hall–Kier alpha value is -1.53. The Balaban J connectivity index is 2.01. The fourth-order valence-corrected chi connectivity index (χ4v) is 2.37. The Kier molecular flexibility index (Phi) is 3.08. The molecule has 3 nitrogen and oxygen atoms in total. The summed E-state index contributed by atoms with van der Waals surface area (Å²) in [7, 11) is 1.77. The molecular weight excluding hydrogens is 212 g/mol. The van der Waals surface area contributed by atoms with Crippen LogP contribution in [0.5, 0.6) is 0 Å². The zero-order chi connectivity index (χ0) is 12.5. The standard InChI is InChI=1S/C14H18N2O/c1-14(2)12(8-13(14)17-3)16-11-6-4-10(9-15)5-7-11/h4-7,12-13,16H,8H2,1-3H3. The molecule has 3 heteroatoms. The lowest BCUT2D eigenvalue weighted by Crippen LogP contribution is -2.57. The second-order valence-electron chi connectivity index (χ2n) is 5.17. The monoisotopic (exact) mass is 230 g/mol. The molecule has 2 atom stereocenters. The summed E-state index contributed by atoms with van der Waals surface area (Å²) in [5.41, 5.74) is 1.91. The molecule has 2 unspecified atom stereocenters. The van der Waals surface area contributed by atoms with Crippen molar-refractivity contribution in [2.45, 2.75) is 32.4 Å². The van der Waals surface area contributed by atoms with Crippen molar-refractivity contribution in [2.24, 2.45) is 5.41 Å². The SMILES string of the molecule is COC1CC(Nc2ccc(C#N)cc2)C1(C)C. The zero-order valence-corrected chi connectivity index (χ0v) is 10.5. The van der Waals surface area contributed by atoms with E-state index in [4.69, 9.17) is 10.00 Å². The fourth-order valence-electron chi connectivity index (χ4n) is 2.37. The molecule has 2 rings (SSSR count). The second-order valence-corrected chi connectivity index (χ2v) is 5.17. The molecule has 1 fully saturated rings. The Morgan fingerprint density at radius 2 is 2.00 bits per heavy atom. The van der Waals surface area contributed by atoms with Crippen molar-refractivity contribution in [1.29, 1.82) is 5.26 Å². The topological polar surface area (TPSA) is 45.0 Å². The van der Waals surface area contributed by atoms with Gasteiger partial charge in [0.1, 0.15) is 0 Å². The van der Waals surface area contributed by atoms with E-state index in [9.17, 15) is 0 Å². The van der Waals surface area contributed by atoms with Gasteiger partial charge in [0, 0.05) is 24.3 Å². The van der Waals surface area contributed by atoms with E-state index in [-0.39, 0.29) is 5.41 Å². The molecule has 0 bridgehead atoms. The van der Waals surface area contributed by atoms with Gasteiger partial charge >= 0.3 is 0 Å². The Bertz CT molecular complexity index is 431. The van der Waals surface area contributed by atoms with Crippen molar-refractivity contribution in [2.75, 3.05) is 12.4 Å². The summed E-state index contributed by atoms with van der Waals surface area (Å²) in [6.45, 7) is 4.43. The van der Waals surface area contributed by atoms with Crippen LogP contribution in [0.25, 0.3) is 0 Å². The van der Waals surface area contributed by atoms with E-state index in [2.05, 4.69) is 25.2 Å². The highest BCUT2D eigenvalue weighted by atomic mass is 16.5. The van der Waals surface area contributed by atoms with E-state index in [0.717, 1.165) is 12.1 Å². The van der Waals surface area contributed by atoms with E-state index >= 15 is 0 Å². The van der Waals surface area contributed by atoms with Gasteiger partial charge in [0.05, 0.1) is 17.7 Å². The quantitative estimate of drug-likeness (QED) is 0.868. The average Bonchev–Trinajstić information content (AvgIpc) is 2.34. The summed E-state index contributed by atoms with van der Waals surface area (Å²) in [5.74, 6) is 0. The Labute approximate surface area is 102 Å². The molecule has 0 aromatic heterocycles. The normalized spacial score (nSPS) is 25.8. The van der Waals surface area contributed by atoms with Gasteiger partial charge in [-0.3, -0.25) is 0 Å². The van der Waals surface area contributed by atoms with Gasteiger partial charge in [-0.15, -0.1) is 0 Å². The summed E-state index contributed by atoms with van der Waals surface area (Å²) in [5, 5.41) is 12.2. The van der Waals surface area contributed by atoms with Crippen LogP contribution in [0.4, 0.5) is 5.69 Å². The van der Waals surface area contributed by atoms with Gasteiger partial charge < -0.3 is 10.1 Å². The smallest absolute Gasteiger partial charge is 0.0991 e. The first-order chi connectivity index (χ1) is 8.07. The molecule has 0 amide bonds. The van der Waals surface area contributed by atoms with Crippen molar-refractivity contribution < 1.29 is 4.74 Å². The molecule has 1 aliphatic carbocycles. The highest BCUT2D eigenvalue weighted by Crippen LogP contribution is 2.43. The number of methoxy groups -OCH3 is 1. The number of rotatable bonds is 3. The van der Waals surface area contributed by atoms with Crippen LogP contribution < -0.4 is 5.32 Å². The lowest BCUT2D eigenvalue weighted by molar-refractivity contribution is -0.0794. The van der Waals surface area contributed by atoms with Crippen molar-refractivity contribution in [3.05, 3.63) is 29.8 Å². The molecule has 1 N–H and O–H groups in total. The van der Waals surface area contributed by atoms with Crippen molar-refractivity contribution in [3.8, 4) is 6.07 Å². The number of anilines is 1. The number of hydrogen-bond acceptors (Lipinski definition) is 3. The van der Waals surface area contributed by atoms with Crippen molar-refractivity contribution in [3.63, 3.8) is 0 Å². The number of benzene rings is 1. The predicted octanol–water partition coefficient (Wildman–Crippen LogP) is 2.78. The number of hydrogen-bond donors (Lipinski definition) is 1. The van der Waals surface area contributed by atoms with Crippen LogP contribution in [0.15, 0.2) is 24.3 Å². The fraction of sp³-hybridized carbons (Fsp3) is 0.500. The third-order valence-corrected chi connectivity index (χ3v) is 3.82. The van der Waals surface area contributed by atoms with Crippen LogP contribution in [0.2, 0.25) is 0 Å². The molecule has 0 aliphatic heterocycles. The Morgan fingerprint density at radius 3 is 2.47 bits per heavy atom. The first kappa shape index (κ1) is 11.9. The van der Waals surface area contributed by atoms with Crippen molar-refractivity contribution >= 4 is 5.69 Å². The maximum absolute atomic E-state index is 8.73. The van der Waals surface area contributed by atoms with Gasteiger partial charge in [0.25, 0.3) is 0 Å². The highest BCUT2D eigenvalue weighted by Gasteiger charge is 2.48. The van der Waals surface area contributed by atoms with E-state index in [1.165, 1.54) is 0 Å². The summed E-state index contributed by atoms with van der Waals surface area (Å²) in [6.07, 6.45) is 1.36. The minimum absolute atomic E-state index is 0.155. The second kappa shape index (κ2) is 4.38. The van der Waals surface area contributed by atoms with E-state index < -0.39 is 0 Å². The molecule has 0 spiro atoms. The summed E-state index contributed by atoms with van der Waals surface area (Å²) in [4.78, 5) is 0. The van der Waals surface area contributed by atoms with E-state index in [1.807, 2.05) is 24.3 Å². The molecule has 17 heavy (non-hydrogen) atoms. The first-order valence-corrected chi connectivity index (χ1v) is 5.87. The van der Waals surface area contributed by atoms with E-state index in [0.29, 0.717) is 17.7 Å². The molecular formula is C14H18N2O. The summed E-state index contributed by atoms with van der Waals surface area (Å²) in [6, 6.07) is 10.1. The number of nitrogens with zero attached hydrogens (tertiary/aromatic N) is 1. The van der Waals surface area contributed by atoms with Gasteiger partial charge in [-0.2, -0.15) is 5.26 Å². The maximum atomic E-state index is 8.73. The molecule has 0 heterocycles. The summed E-state index contributed by atoms with van der Waals surface area (Å²) >= 11 is 0. The van der Waals surface area contributed by atoms with Gasteiger partial charge in [0.2, 0.25) is 0 Å². The predicted molar refractivity (Wildman–Crippen MR) is 67.8 cm³/mol. The minimum Gasteiger partial charge on any atom is -0.382 e. The van der Waals surface area contributed by atoms with Crippen LogP contribution in [-0.4, -0.2) is 19.3 Å².